The summed E-state index contributed by atoms with van der Waals surface area (Å²) in [7, 11) is 62.9. The smallest absolute Gasteiger partial charge is 0.164 e. The fourth-order valence-corrected chi connectivity index (χ4v) is 7.15. The minimum atomic E-state index is 0.0108. The molecule has 0 spiro atoms. The number of aromatic nitrogens is 4. The standard InChI is InChI=1S/C39H14B10N4O/c40-27-25(28(41)32(45)35(48)31(27)44)38-50-37(51-39(52-38)26-29(42)33(46)36(49)34(47)30(26)43)15-9-11-19-20-12-10-16(14-24(20)54-23(19)13-15)53-21-7-3-1-5-17(21)18-6-2-4-8-22(18)53/h1-14H. The van der Waals surface area contributed by atoms with Gasteiger partial charge in [-0.3, -0.25) is 0 Å². The van der Waals surface area contributed by atoms with E-state index in [9.17, 15) is 0 Å². The van der Waals surface area contributed by atoms with E-state index in [1.54, 1.807) is 0 Å². The maximum atomic E-state index is 6.51. The third kappa shape index (κ3) is 5.04. The van der Waals surface area contributed by atoms with Gasteiger partial charge in [-0.1, -0.05) is 64.3 Å². The summed E-state index contributed by atoms with van der Waals surface area (Å²) >= 11 is 0. The molecular weight excluding hydrogens is 649 g/mol. The summed E-state index contributed by atoms with van der Waals surface area (Å²) in [5, 5.41) is 4.15. The third-order valence-corrected chi connectivity index (χ3v) is 10.0. The minimum absolute atomic E-state index is 0.0108. The van der Waals surface area contributed by atoms with E-state index in [1.807, 2.05) is 48.5 Å². The fraction of sp³-hybridized carbons (Fsp3) is 0. The van der Waals surface area contributed by atoms with Gasteiger partial charge in [-0.05, 0) is 36.4 Å². The summed E-state index contributed by atoms with van der Waals surface area (Å²) in [6.07, 6.45) is 0. The van der Waals surface area contributed by atoms with Crippen LogP contribution in [0.4, 0.5) is 0 Å². The summed E-state index contributed by atoms with van der Waals surface area (Å²) in [4.78, 5) is 14.2. The lowest BCUT2D eigenvalue weighted by atomic mass is 9.60. The summed E-state index contributed by atoms with van der Waals surface area (Å²) in [5.41, 5.74) is 5.48. The predicted molar refractivity (Wildman–Crippen MR) is 232 cm³/mol. The normalized spacial score (nSPS) is 11.7. The largest absolute Gasteiger partial charge is 0.456 e. The molecule has 5 nitrogen and oxygen atoms in total. The van der Waals surface area contributed by atoms with Gasteiger partial charge < -0.3 is 8.98 Å². The zero-order chi connectivity index (χ0) is 37.7. The van der Waals surface area contributed by atoms with Crippen molar-refractivity contribution in [3.63, 3.8) is 0 Å². The first-order chi connectivity index (χ1) is 25.9. The fourth-order valence-electron chi connectivity index (χ4n) is 7.15. The first-order valence-corrected chi connectivity index (χ1v) is 16.7. The van der Waals surface area contributed by atoms with Gasteiger partial charge in [0.15, 0.2) is 17.5 Å². The first kappa shape index (κ1) is 34.4. The molecule has 0 bridgehead atoms. The first-order valence-electron chi connectivity index (χ1n) is 16.7. The van der Waals surface area contributed by atoms with E-state index in [-0.39, 0.29) is 83.2 Å². The van der Waals surface area contributed by atoms with Crippen LogP contribution in [0.15, 0.2) is 89.3 Å². The lowest BCUT2D eigenvalue weighted by molar-refractivity contribution is 0.668. The van der Waals surface area contributed by atoms with E-state index in [4.69, 9.17) is 92.8 Å². The van der Waals surface area contributed by atoms with Crippen molar-refractivity contribution < 1.29 is 4.42 Å². The monoisotopic (exact) mass is 664 g/mol. The van der Waals surface area contributed by atoms with Crippen LogP contribution in [0.3, 0.4) is 0 Å². The zero-order valence-corrected chi connectivity index (χ0v) is 28.6. The number of fused-ring (bicyclic) bond motifs is 6. The Kier molecular flexibility index (Phi) is 8.00. The lowest BCUT2D eigenvalue weighted by Gasteiger charge is -2.22. The molecule has 0 saturated heterocycles. The third-order valence-electron chi connectivity index (χ3n) is 10.0. The highest BCUT2D eigenvalue weighted by molar-refractivity contribution is 6.69. The molecule has 0 fully saturated rings. The predicted octanol–water partition coefficient (Wildman–Crippen LogP) is -2.19. The van der Waals surface area contributed by atoms with Gasteiger partial charge in [-0.15, -0.1) is 32.8 Å². The van der Waals surface area contributed by atoms with Crippen molar-refractivity contribution in [1.29, 1.82) is 0 Å². The molecule has 9 rings (SSSR count). The van der Waals surface area contributed by atoms with E-state index < -0.39 is 0 Å². The Hall–Kier alpha value is -5.42. The molecule has 0 aliphatic carbocycles. The number of furan rings is 1. The molecule has 0 atom stereocenters. The second kappa shape index (κ2) is 12.6. The molecule has 54 heavy (non-hydrogen) atoms. The van der Waals surface area contributed by atoms with Crippen molar-refractivity contribution in [2.75, 3.05) is 0 Å². The summed E-state index contributed by atoms with van der Waals surface area (Å²) in [6, 6.07) is 28.5. The van der Waals surface area contributed by atoms with E-state index in [0.29, 0.717) is 16.7 Å². The molecule has 3 aromatic heterocycles. The van der Waals surface area contributed by atoms with Gasteiger partial charge in [0.1, 0.15) is 89.6 Å². The molecule has 3 heterocycles. The van der Waals surface area contributed by atoms with Crippen LogP contribution in [0.25, 0.3) is 83.6 Å². The van der Waals surface area contributed by atoms with Gasteiger partial charge in [0.25, 0.3) is 0 Å². The van der Waals surface area contributed by atoms with Gasteiger partial charge in [0.2, 0.25) is 0 Å². The SMILES string of the molecule is [B]c1c([B])c([B])c(-c2nc(-c3ccc4c(c3)oc3cc(-n5c6ccccc6c6ccccc65)ccc34)nc(-c3c([B])c([B])c([B])c([B])c3[B])n2)c([B])c1[B]. The maximum absolute atomic E-state index is 6.51. The highest BCUT2D eigenvalue weighted by Gasteiger charge is 2.22. The van der Waals surface area contributed by atoms with Crippen LogP contribution in [-0.4, -0.2) is 98.0 Å². The van der Waals surface area contributed by atoms with Gasteiger partial charge in [0.05, 0.1) is 11.0 Å². The quantitative estimate of drug-likeness (QED) is 0.201. The van der Waals surface area contributed by atoms with Crippen molar-refractivity contribution in [3.8, 4) is 39.9 Å². The molecule has 20 radical (unpaired) electrons. The van der Waals surface area contributed by atoms with Crippen LogP contribution >= 0.6 is 0 Å². The molecule has 0 aliphatic heterocycles. The Labute approximate surface area is 324 Å². The highest BCUT2D eigenvalue weighted by Crippen LogP contribution is 2.36. The van der Waals surface area contributed by atoms with Crippen molar-refractivity contribution in [2.45, 2.75) is 0 Å². The van der Waals surface area contributed by atoms with Crippen molar-refractivity contribution in [1.82, 2.24) is 19.5 Å². The Balaban J connectivity index is 1.25. The van der Waals surface area contributed by atoms with Gasteiger partial charge in [-0.2, -0.15) is 0 Å². The molecule has 226 valence electrons. The number of para-hydroxylation sites is 2. The zero-order valence-electron chi connectivity index (χ0n) is 28.6. The van der Waals surface area contributed by atoms with E-state index >= 15 is 0 Å². The van der Waals surface area contributed by atoms with E-state index in [0.717, 1.165) is 27.5 Å². The number of hydrogen-bond acceptors (Lipinski definition) is 4. The van der Waals surface area contributed by atoms with E-state index in [2.05, 4.69) is 45.9 Å². The Morgan fingerprint density at radius 2 is 0.796 bits per heavy atom. The molecule has 0 amide bonds. The molecule has 0 aliphatic rings. The van der Waals surface area contributed by atoms with Crippen LogP contribution in [0, 0.1) is 0 Å². The summed E-state index contributed by atoms with van der Waals surface area (Å²) < 4.78 is 8.75. The summed E-state index contributed by atoms with van der Waals surface area (Å²) in [5.74, 6) is 0.206. The molecular formula is C39H14B10N4O. The second-order valence-corrected chi connectivity index (χ2v) is 13.1. The average molecular weight is 663 g/mol. The van der Waals surface area contributed by atoms with Crippen LogP contribution in [0.2, 0.25) is 0 Å². The topological polar surface area (TPSA) is 56.7 Å². The summed E-state index contributed by atoms with van der Waals surface area (Å²) in [6.45, 7) is 0. The van der Waals surface area contributed by atoms with Crippen molar-refractivity contribution >= 4 is 177 Å². The number of hydrogen-bond donors (Lipinski definition) is 0. The Morgan fingerprint density at radius 3 is 1.30 bits per heavy atom. The number of nitrogens with zero attached hydrogens (tertiary/aromatic N) is 4. The maximum Gasteiger partial charge on any atom is 0.164 e. The molecule has 15 heteroatoms. The van der Waals surface area contributed by atoms with Crippen molar-refractivity contribution in [2.24, 2.45) is 0 Å². The van der Waals surface area contributed by atoms with Gasteiger partial charge >= 0.3 is 0 Å². The van der Waals surface area contributed by atoms with Crippen LogP contribution < -0.4 is 54.6 Å². The van der Waals surface area contributed by atoms with E-state index in [1.165, 1.54) is 10.8 Å². The van der Waals surface area contributed by atoms with Crippen molar-refractivity contribution in [3.05, 3.63) is 84.9 Å². The minimum Gasteiger partial charge on any atom is -0.456 e. The average Bonchev–Trinajstić information content (AvgIpc) is 3.72. The Morgan fingerprint density at radius 1 is 0.389 bits per heavy atom. The molecule has 6 aromatic carbocycles. The molecule has 0 saturated carbocycles. The molecule has 0 N–H and O–H groups in total. The number of rotatable bonds is 4. The number of benzene rings is 6. The second-order valence-electron chi connectivity index (χ2n) is 13.1. The van der Waals surface area contributed by atoms with Gasteiger partial charge in [-0.25, -0.2) is 15.0 Å². The molecule has 9 aromatic rings. The van der Waals surface area contributed by atoms with Crippen LogP contribution in [-0.2, 0) is 0 Å². The Bertz CT molecular complexity index is 2880. The highest BCUT2D eigenvalue weighted by atomic mass is 16.3. The molecule has 0 unspecified atom stereocenters. The van der Waals surface area contributed by atoms with Crippen LogP contribution in [0.5, 0.6) is 0 Å². The lowest BCUT2D eigenvalue weighted by Crippen LogP contribution is -2.55. The van der Waals surface area contributed by atoms with Crippen LogP contribution in [0.1, 0.15) is 0 Å². The van der Waals surface area contributed by atoms with Gasteiger partial charge in [0, 0.05) is 50.0 Å².